The Bertz CT molecular complexity index is 1060. The Hall–Kier alpha value is -2.31. The normalized spacial score (nSPS) is 21.7. The third-order valence-electron chi connectivity index (χ3n) is 6.35. The summed E-state index contributed by atoms with van der Waals surface area (Å²) in [6.07, 6.45) is 4.34. The van der Waals surface area contributed by atoms with Gasteiger partial charge in [0, 0.05) is 34.8 Å². The average Bonchev–Trinajstić information content (AvgIpc) is 3.04. The Balaban J connectivity index is 1.43. The predicted molar refractivity (Wildman–Crippen MR) is 117 cm³/mol. The first-order chi connectivity index (χ1) is 14.5. The molecule has 0 unspecified atom stereocenters. The van der Waals surface area contributed by atoms with Crippen LogP contribution in [-0.4, -0.2) is 36.7 Å². The van der Waals surface area contributed by atoms with Gasteiger partial charge in [0.1, 0.15) is 11.6 Å². The molecule has 7 heteroatoms. The van der Waals surface area contributed by atoms with E-state index in [-0.39, 0.29) is 0 Å². The summed E-state index contributed by atoms with van der Waals surface area (Å²) in [6.45, 7) is 5.74. The number of hydrogen-bond donors (Lipinski definition) is 0. The van der Waals surface area contributed by atoms with Crippen molar-refractivity contribution in [3.63, 3.8) is 0 Å². The monoisotopic (exact) mass is 422 g/mol. The van der Waals surface area contributed by atoms with Crippen molar-refractivity contribution in [1.82, 2.24) is 29.6 Å². The number of aromatic nitrogens is 5. The maximum Gasteiger partial charge on any atom is 0.151 e. The Morgan fingerprint density at radius 3 is 2.33 bits per heavy atom. The van der Waals surface area contributed by atoms with Crippen molar-refractivity contribution in [3.8, 4) is 5.69 Å². The van der Waals surface area contributed by atoms with E-state index >= 15 is 0 Å². The number of aryl methyl sites for hydroxylation is 2. The second kappa shape index (κ2) is 7.75. The molecular formula is C23H27ClN6. The molecule has 5 rings (SSSR count). The lowest BCUT2D eigenvalue weighted by atomic mass is 9.81. The molecule has 0 atom stereocenters. The summed E-state index contributed by atoms with van der Waals surface area (Å²) < 4.78 is 2.29. The van der Waals surface area contributed by atoms with Crippen molar-refractivity contribution < 1.29 is 0 Å². The van der Waals surface area contributed by atoms with Gasteiger partial charge in [-0.3, -0.25) is 9.47 Å². The highest BCUT2D eigenvalue weighted by atomic mass is 35.5. The maximum absolute atomic E-state index is 6.29. The Labute approximate surface area is 182 Å². The predicted octanol–water partition coefficient (Wildman–Crippen LogP) is 4.71. The molecule has 0 amide bonds. The largest absolute Gasteiger partial charge is 0.295 e. The molecule has 1 aliphatic carbocycles. The topological polar surface area (TPSA) is 59.7 Å². The summed E-state index contributed by atoms with van der Waals surface area (Å²) in [5, 5.41) is 10.0. The van der Waals surface area contributed by atoms with Gasteiger partial charge in [0.05, 0.1) is 12.2 Å². The molecule has 1 aromatic carbocycles. The minimum absolute atomic E-state index is 0.403. The van der Waals surface area contributed by atoms with Crippen LogP contribution in [0.1, 0.15) is 71.9 Å². The van der Waals surface area contributed by atoms with Crippen LogP contribution in [0.2, 0.25) is 5.02 Å². The second-order valence-electron chi connectivity index (χ2n) is 8.81. The van der Waals surface area contributed by atoms with Gasteiger partial charge in [-0.2, -0.15) is 0 Å². The summed E-state index contributed by atoms with van der Waals surface area (Å²) in [5.74, 6) is 3.94. The molecule has 2 aromatic heterocycles. The molecule has 0 N–H and O–H groups in total. The van der Waals surface area contributed by atoms with Gasteiger partial charge < -0.3 is 0 Å². The molecule has 0 spiro atoms. The first-order valence-corrected chi connectivity index (χ1v) is 11.1. The molecule has 1 fully saturated rings. The van der Waals surface area contributed by atoms with E-state index in [1.807, 2.05) is 12.1 Å². The van der Waals surface area contributed by atoms with Gasteiger partial charge in [-0.05, 0) is 76.4 Å². The molecule has 30 heavy (non-hydrogen) atoms. The van der Waals surface area contributed by atoms with Crippen LogP contribution in [-0.2, 0) is 13.1 Å². The third kappa shape index (κ3) is 3.63. The summed E-state index contributed by atoms with van der Waals surface area (Å²) in [4.78, 5) is 11.7. The quantitative estimate of drug-likeness (QED) is 0.598. The number of benzene rings is 1. The van der Waals surface area contributed by atoms with Crippen molar-refractivity contribution in [2.45, 2.75) is 64.5 Å². The number of nitrogens with zero attached hydrogens (tertiary/aromatic N) is 6. The zero-order chi connectivity index (χ0) is 20.8. The van der Waals surface area contributed by atoms with Crippen molar-refractivity contribution in [2.24, 2.45) is 0 Å². The fraction of sp³-hybridized carbons (Fsp3) is 0.478. The van der Waals surface area contributed by atoms with Crippen molar-refractivity contribution in [3.05, 3.63) is 63.7 Å². The van der Waals surface area contributed by atoms with Crippen LogP contribution >= 0.6 is 11.6 Å². The fourth-order valence-corrected chi connectivity index (χ4v) is 5.19. The Kier molecular flexibility index (Phi) is 5.07. The first-order valence-electron chi connectivity index (χ1n) is 10.7. The highest BCUT2D eigenvalue weighted by Gasteiger charge is 2.31. The van der Waals surface area contributed by atoms with Crippen LogP contribution in [0.25, 0.3) is 5.69 Å². The van der Waals surface area contributed by atoms with E-state index in [0.29, 0.717) is 11.8 Å². The molecule has 0 radical (unpaired) electrons. The lowest BCUT2D eigenvalue weighted by Crippen LogP contribution is -2.18. The number of hydrogen-bond acceptors (Lipinski definition) is 5. The van der Waals surface area contributed by atoms with Crippen LogP contribution < -0.4 is 0 Å². The van der Waals surface area contributed by atoms with Crippen LogP contribution in [0.5, 0.6) is 0 Å². The highest BCUT2D eigenvalue weighted by Crippen LogP contribution is 2.40. The number of halogens is 1. The van der Waals surface area contributed by atoms with Crippen LogP contribution in [0.3, 0.4) is 0 Å². The van der Waals surface area contributed by atoms with Crippen LogP contribution in [0.4, 0.5) is 0 Å². The highest BCUT2D eigenvalue weighted by molar-refractivity contribution is 6.30. The van der Waals surface area contributed by atoms with Gasteiger partial charge in [0.25, 0.3) is 0 Å². The minimum atomic E-state index is 0.403. The SMILES string of the molecule is Cc1cc(C)nc([C@H]2CC[C@H](c3nnc4n3-c3ccc(Cl)cc3CN(C)C4)CC2)n1. The lowest BCUT2D eigenvalue weighted by molar-refractivity contribution is 0.315. The first kappa shape index (κ1) is 19.6. The van der Waals surface area contributed by atoms with E-state index in [1.165, 1.54) is 11.3 Å². The van der Waals surface area contributed by atoms with Gasteiger partial charge in [-0.15, -0.1) is 10.2 Å². The van der Waals surface area contributed by atoms with Gasteiger partial charge in [-0.1, -0.05) is 11.6 Å². The second-order valence-corrected chi connectivity index (χ2v) is 9.25. The molecule has 1 aliphatic heterocycles. The molecular weight excluding hydrogens is 396 g/mol. The van der Waals surface area contributed by atoms with E-state index in [9.17, 15) is 0 Å². The zero-order valence-electron chi connectivity index (χ0n) is 17.8. The van der Waals surface area contributed by atoms with Gasteiger partial charge in [-0.25, -0.2) is 9.97 Å². The minimum Gasteiger partial charge on any atom is -0.295 e. The van der Waals surface area contributed by atoms with E-state index in [4.69, 9.17) is 21.6 Å². The van der Waals surface area contributed by atoms with Crippen molar-refractivity contribution in [2.75, 3.05) is 7.05 Å². The molecule has 0 saturated heterocycles. The summed E-state index contributed by atoms with van der Waals surface area (Å²) in [5.41, 5.74) is 4.50. The number of fused-ring (bicyclic) bond motifs is 3. The average molecular weight is 423 g/mol. The van der Waals surface area contributed by atoms with Crippen LogP contribution in [0, 0.1) is 13.8 Å². The lowest BCUT2D eigenvalue weighted by Gasteiger charge is -2.28. The summed E-state index contributed by atoms with van der Waals surface area (Å²) in [7, 11) is 2.11. The smallest absolute Gasteiger partial charge is 0.151 e. The summed E-state index contributed by atoms with van der Waals surface area (Å²) >= 11 is 6.29. The maximum atomic E-state index is 6.29. The van der Waals surface area contributed by atoms with E-state index in [1.54, 1.807) is 0 Å². The third-order valence-corrected chi connectivity index (χ3v) is 6.58. The molecule has 0 bridgehead atoms. The van der Waals surface area contributed by atoms with E-state index < -0.39 is 0 Å². The van der Waals surface area contributed by atoms with Crippen LogP contribution in [0.15, 0.2) is 24.3 Å². The zero-order valence-corrected chi connectivity index (χ0v) is 18.5. The van der Waals surface area contributed by atoms with Gasteiger partial charge in [0.15, 0.2) is 5.82 Å². The van der Waals surface area contributed by atoms with Gasteiger partial charge in [0.2, 0.25) is 0 Å². The molecule has 6 nitrogen and oxygen atoms in total. The van der Waals surface area contributed by atoms with Gasteiger partial charge >= 0.3 is 0 Å². The summed E-state index contributed by atoms with van der Waals surface area (Å²) in [6, 6.07) is 8.19. The van der Waals surface area contributed by atoms with Crippen molar-refractivity contribution >= 4 is 11.6 Å². The molecule has 3 heterocycles. The van der Waals surface area contributed by atoms with E-state index in [0.717, 1.165) is 72.7 Å². The fourth-order valence-electron chi connectivity index (χ4n) is 4.99. The van der Waals surface area contributed by atoms with Crippen molar-refractivity contribution in [1.29, 1.82) is 0 Å². The van der Waals surface area contributed by atoms with E-state index in [2.05, 4.69) is 52.7 Å². The number of rotatable bonds is 2. The standard InChI is InChI=1S/C23H27ClN6/c1-14-10-15(2)26-22(25-14)16-4-6-17(7-5-16)23-28-27-21-13-29(3)12-18-11-19(24)8-9-20(18)30(21)23/h8-11,16-17H,4-7,12-13H2,1-3H3/t16-,17-. The Morgan fingerprint density at radius 2 is 1.60 bits per heavy atom. The molecule has 3 aromatic rings. The molecule has 2 aliphatic rings. The Morgan fingerprint density at radius 1 is 0.900 bits per heavy atom. The molecule has 1 saturated carbocycles. The molecule has 156 valence electrons.